The van der Waals surface area contributed by atoms with Gasteiger partial charge in [-0.2, -0.15) is 0 Å². The molecule has 3 heteroatoms. The Morgan fingerprint density at radius 3 is 2.41 bits per heavy atom. The van der Waals surface area contributed by atoms with Gasteiger partial charge in [-0.25, -0.2) is 0 Å². The first-order chi connectivity index (χ1) is 10.6. The molecule has 3 nitrogen and oxygen atoms in total. The maximum Gasteiger partial charge on any atom is 0.119 e. The normalized spacial score (nSPS) is 11.1. The van der Waals surface area contributed by atoms with Gasteiger partial charge in [0.25, 0.3) is 0 Å². The van der Waals surface area contributed by atoms with E-state index in [1.807, 2.05) is 6.07 Å². The van der Waals surface area contributed by atoms with Crippen LogP contribution in [-0.4, -0.2) is 18.6 Å². The molecule has 114 valence electrons. The molecule has 22 heavy (non-hydrogen) atoms. The van der Waals surface area contributed by atoms with Crippen molar-refractivity contribution in [1.82, 2.24) is 4.98 Å². The van der Waals surface area contributed by atoms with Gasteiger partial charge in [0, 0.05) is 16.6 Å². The summed E-state index contributed by atoms with van der Waals surface area (Å²) in [5, 5.41) is 1.19. The van der Waals surface area contributed by atoms with E-state index in [-0.39, 0.29) is 0 Å². The van der Waals surface area contributed by atoms with Gasteiger partial charge in [-0.1, -0.05) is 17.2 Å². The number of aromatic nitrogens is 1. The Morgan fingerprint density at radius 2 is 1.77 bits per heavy atom. The molecular formula is C19H22N2O. The average molecular weight is 294 g/mol. The minimum absolute atomic E-state index is 0.627. The Balaban J connectivity index is 2.25. The van der Waals surface area contributed by atoms with Crippen LogP contribution in [0.4, 0.5) is 0 Å². The predicted octanol–water partition coefficient (Wildman–Crippen LogP) is 3.96. The maximum atomic E-state index is 5.84. The van der Waals surface area contributed by atoms with Gasteiger partial charge in [0.15, 0.2) is 0 Å². The van der Waals surface area contributed by atoms with Gasteiger partial charge in [0.2, 0.25) is 0 Å². The molecule has 0 spiro atoms. The molecule has 1 heterocycles. The highest BCUT2D eigenvalue weighted by Crippen LogP contribution is 2.33. The summed E-state index contributed by atoms with van der Waals surface area (Å²) < 4.78 is 5.36. The largest absolute Gasteiger partial charge is 0.497 e. The number of H-pyrrole nitrogens is 1. The number of fused-ring (bicyclic) bond motifs is 1. The van der Waals surface area contributed by atoms with E-state index in [4.69, 9.17) is 10.5 Å². The van der Waals surface area contributed by atoms with Crippen LogP contribution in [0.1, 0.15) is 16.7 Å². The first kappa shape index (κ1) is 14.7. The monoisotopic (exact) mass is 294 g/mol. The van der Waals surface area contributed by atoms with Crippen LogP contribution < -0.4 is 10.5 Å². The van der Waals surface area contributed by atoms with Crippen LogP contribution in [0.3, 0.4) is 0 Å². The average Bonchev–Trinajstić information content (AvgIpc) is 2.85. The van der Waals surface area contributed by atoms with E-state index in [2.05, 4.69) is 49.2 Å². The van der Waals surface area contributed by atoms with Crippen molar-refractivity contribution in [3.63, 3.8) is 0 Å². The Bertz CT molecular complexity index is 797. The molecule has 1 aromatic heterocycles. The summed E-state index contributed by atoms with van der Waals surface area (Å²) in [5.74, 6) is 0.872. The highest BCUT2D eigenvalue weighted by molar-refractivity contribution is 5.92. The van der Waals surface area contributed by atoms with Crippen molar-refractivity contribution in [3.8, 4) is 17.0 Å². The second-order valence-electron chi connectivity index (χ2n) is 5.81. The molecule has 0 aliphatic rings. The van der Waals surface area contributed by atoms with Crippen molar-refractivity contribution in [2.45, 2.75) is 20.3 Å². The van der Waals surface area contributed by atoms with E-state index in [1.165, 1.54) is 33.3 Å². The molecule has 0 aliphatic heterocycles. The molecular weight excluding hydrogens is 272 g/mol. The minimum atomic E-state index is 0.627. The first-order valence-electron chi connectivity index (χ1n) is 7.59. The van der Waals surface area contributed by atoms with Crippen LogP contribution in [0.25, 0.3) is 22.2 Å². The highest BCUT2D eigenvalue weighted by atomic mass is 16.5. The topological polar surface area (TPSA) is 51.0 Å². The molecule has 0 bridgehead atoms. The van der Waals surface area contributed by atoms with Gasteiger partial charge >= 0.3 is 0 Å². The maximum absolute atomic E-state index is 5.84. The second kappa shape index (κ2) is 5.85. The van der Waals surface area contributed by atoms with Crippen molar-refractivity contribution in [1.29, 1.82) is 0 Å². The Labute approximate surface area is 131 Å². The number of ether oxygens (including phenoxy) is 1. The van der Waals surface area contributed by atoms with Crippen molar-refractivity contribution in [2.24, 2.45) is 5.73 Å². The molecule has 0 saturated heterocycles. The smallest absolute Gasteiger partial charge is 0.119 e. The quantitative estimate of drug-likeness (QED) is 0.765. The lowest BCUT2D eigenvalue weighted by atomic mass is 9.99. The Morgan fingerprint density at radius 1 is 1.05 bits per heavy atom. The van der Waals surface area contributed by atoms with E-state index in [1.54, 1.807) is 7.11 Å². The molecule has 0 radical (unpaired) electrons. The van der Waals surface area contributed by atoms with Gasteiger partial charge in [0.1, 0.15) is 5.75 Å². The van der Waals surface area contributed by atoms with E-state index in [0.717, 1.165) is 17.7 Å². The van der Waals surface area contributed by atoms with Crippen molar-refractivity contribution < 1.29 is 4.74 Å². The molecule has 0 saturated carbocycles. The number of nitrogens with one attached hydrogen (secondary N) is 1. The molecule has 3 rings (SSSR count). The third kappa shape index (κ3) is 2.60. The molecule has 3 aromatic rings. The Kier molecular flexibility index (Phi) is 3.90. The lowest BCUT2D eigenvalue weighted by Crippen LogP contribution is -2.03. The number of aryl methyl sites for hydroxylation is 2. The fourth-order valence-corrected chi connectivity index (χ4v) is 3.12. The zero-order valence-corrected chi connectivity index (χ0v) is 13.4. The first-order valence-corrected chi connectivity index (χ1v) is 7.59. The molecule has 0 amide bonds. The third-order valence-electron chi connectivity index (χ3n) is 4.02. The molecule has 0 fully saturated rings. The summed E-state index contributed by atoms with van der Waals surface area (Å²) in [4.78, 5) is 3.56. The fraction of sp³-hybridized carbons (Fsp3) is 0.263. The summed E-state index contributed by atoms with van der Waals surface area (Å²) in [5.41, 5.74) is 13.2. The number of rotatable bonds is 4. The SMILES string of the molecule is COc1ccc2[nH]c(-c3cc(C)cc(C)c3)c(CCN)c2c1. The lowest BCUT2D eigenvalue weighted by molar-refractivity contribution is 0.415. The molecule has 0 aliphatic carbocycles. The van der Waals surface area contributed by atoms with Gasteiger partial charge in [-0.15, -0.1) is 0 Å². The fourth-order valence-electron chi connectivity index (χ4n) is 3.12. The van der Waals surface area contributed by atoms with Crippen LogP contribution in [0, 0.1) is 13.8 Å². The van der Waals surface area contributed by atoms with Crippen molar-refractivity contribution >= 4 is 10.9 Å². The van der Waals surface area contributed by atoms with Gasteiger partial charge in [-0.3, -0.25) is 0 Å². The predicted molar refractivity (Wildman–Crippen MR) is 92.5 cm³/mol. The van der Waals surface area contributed by atoms with Crippen LogP contribution in [0.2, 0.25) is 0 Å². The molecule has 0 unspecified atom stereocenters. The van der Waals surface area contributed by atoms with E-state index in [9.17, 15) is 0 Å². The zero-order valence-electron chi connectivity index (χ0n) is 13.4. The zero-order chi connectivity index (χ0) is 15.7. The third-order valence-corrected chi connectivity index (χ3v) is 4.02. The van der Waals surface area contributed by atoms with E-state index >= 15 is 0 Å². The van der Waals surface area contributed by atoms with Crippen molar-refractivity contribution in [2.75, 3.05) is 13.7 Å². The van der Waals surface area contributed by atoms with E-state index < -0.39 is 0 Å². The van der Waals surface area contributed by atoms with Gasteiger partial charge in [0.05, 0.1) is 7.11 Å². The number of aromatic amines is 1. The van der Waals surface area contributed by atoms with Crippen molar-refractivity contribution in [3.05, 3.63) is 53.1 Å². The van der Waals surface area contributed by atoms with Gasteiger partial charge in [-0.05, 0) is 68.3 Å². The molecule has 2 aromatic carbocycles. The van der Waals surface area contributed by atoms with Crippen LogP contribution in [0.5, 0.6) is 5.75 Å². The summed E-state index contributed by atoms with van der Waals surface area (Å²) in [6.45, 7) is 4.89. The minimum Gasteiger partial charge on any atom is -0.497 e. The van der Waals surface area contributed by atoms with Gasteiger partial charge < -0.3 is 15.5 Å². The summed E-state index contributed by atoms with van der Waals surface area (Å²) >= 11 is 0. The van der Waals surface area contributed by atoms with Crippen LogP contribution in [0.15, 0.2) is 36.4 Å². The highest BCUT2D eigenvalue weighted by Gasteiger charge is 2.14. The standard InChI is InChI=1S/C19H22N2O/c1-12-8-13(2)10-14(9-12)19-16(6-7-20)17-11-15(22-3)4-5-18(17)21-19/h4-5,8-11,21H,6-7,20H2,1-3H3. The molecule has 0 atom stereocenters. The molecule has 3 N–H and O–H groups in total. The number of nitrogens with two attached hydrogens (primary N) is 1. The Hall–Kier alpha value is -2.26. The summed E-state index contributed by atoms with van der Waals surface area (Å²) in [7, 11) is 1.70. The number of hydrogen-bond acceptors (Lipinski definition) is 2. The number of benzene rings is 2. The number of methoxy groups -OCH3 is 1. The second-order valence-corrected chi connectivity index (χ2v) is 5.81. The summed E-state index contributed by atoms with van der Waals surface area (Å²) in [6, 6.07) is 12.8. The summed E-state index contributed by atoms with van der Waals surface area (Å²) in [6.07, 6.45) is 0.843. The number of hydrogen-bond donors (Lipinski definition) is 2. The van der Waals surface area contributed by atoms with E-state index in [0.29, 0.717) is 6.54 Å². The lowest BCUT2D eigenvalue weighted by Gasteiger charge is -2.07. The van der Waals surface area contributed by atoms with Crippen LogP contribution in [-0.2, 0) is 6.42 Å². The van der Waals surface area contributed by atoms with Crippen LogP contribution >= 0.6 is 0 Å².